The highest BCUT2D eigenvalue weighted by Gasteiger charge is 2.31. The van der Waals surface area contributed by atoms with E-state index in [-0.39, 0.29) is 30.6 Å². The van der Waals surface area contributed by atoms with E-state index in [0.717, 1.165) is 12.8 Å². The van der Waals surface area contributed by atoms with Crippen molar-refractivity contribution in [2.24, 2.45) is 5.92 Å². The van der Waals surface area contributed by atoms with Crippen molar-refractivity contribution in [2.45, 2.75) is 32.4 Å². The van der Waals surface area contributed by atoms with Crippen molar-refractivity contribution in [3.63, 3.8) is 0 Å². The van der Waals surface area contributed by atoms with E-state index in [1.54, 1.807) is 6.07 Å². The van der Waals surface area contributed by atoms with Crippen molar-refractivity contribution >= 4 is 5.91 Å². The summed E-state index contributed by atoms with van der Waals surface area (Å²) >= 11 is 0. The first-order valence-electron chi connectivity index (χ1n) is 9.13. The molecule has 1 aromatic carbocycles. The lowest BCUT2D eigenvalue weighted by Gasteiger charge is -2.21. The van der Waals surface area contributed by atoms with Gasteiger partial charge in [0.25, 0.3) is 5.91 Å². The van der Waals surface area contributed by atoms with Gasteiger partial charge in [-0.2, -0.15) is 0 Å². The van der Waals surface area contributed by atoms with Crippen LogP contribution in [0.2, 0.25) is 0 Å². The summed E-state index contributed by atoms with van der Waals surface area (Å²) in [5.74, 6) is 0.0775. The van der Waals surface area contributed by atoms with Crippen LogP contribution in [0.5, 0.6) is 5.75 Å². The lowest BCUT2D eigenvalue weighted by atomic mass is 10.0. The fourth-order valence-electron chi connectivity index (χ4n) is 2.87. The number of nitrogens with zero attached hydrogens (tertiary/aromatic N) is 1. The maximum atomic E-state index is 12.3. The highest BCUT2D eigenvalue weighted by atomic mass is 19.4. The van der Waals surface area contributed by atoms with Gasteiger partial charge in [0, 0.05) is 25.8 Å². The van der Waals surface area contributed by atoms with Gasteiger partial charge in [-0.1, -0.05) is 17.3 Å². The van der Waals surface area contributed by atoms with E-state index in [1.807, 2.05) is 0 Å². The molecule has 0 unspecified atom stereocenters. The molecule has 0 atom stereocenters. The van der Waals surface area contributed by atoms with Gasteiger partial charge in [-0.3, -0.25) is 4.79 Å². The monoisotopic (exact) mass is 414 g/mol. The minimum atomic E-state index is -4.75. The fraction of sp³-hybridized carbons (Fsp3) is 0.474. The molecule has 1 aromatic heterocycles. The summed E-state index contributed by atoms with van der Waals surface area (Å²) in [6.45, 7) is 2.03. The lowest BCUT2D eigenvalue weighted by Crippen LogP contribution is -2.32. The molecule has 2 aromatic rings. The highest BCUT2D eigenvalue weighted by molar-refractivity contribution is 5.92. The van der Waals surface area contributed by atoms with Crippen molar-refractivity contribution in [3.05, 3.63) is 47.3 Å². The highest BCUT2D eigenvalue weighted by Crippen LogP contribution is 2.23. The standard InChI is InChI=1S/C19H21F3N2O5/c20-19(21,22)28-15-3-1-2-14(8-15)11-27-12-16-9-17(24-29-16)18(25)23-10-13-4-6-26-7-5-13/h1-3,8-9,13H,4-7,10-12H2,(H,23,25). The number of halogens is 3. The molecule has 1 amide bonds. The second kappa shape index (κ2) is 9.75. The molecule has 1 saturated heterocycles. The summed E-state index contributed by atoms with van der Waals surface area (Å²) in [6, 6.07) is 6.97. The van der Waals surface area contributed by atoms with Crippen LogP contribution in [0.1, 0.15) is 34.7 Å². The minimum absolute atomic E-state index is 0.0185. The third kappa shape index (κ3) is 7.06. The van der Waals surface area contributed by atoms with Crippen molar-refractivity contribution < 1.29 is 36.7 Å². The van der Waals surface area contributed by atoms with Crippen molar-refractivity contribution in [1.82, 2.24) is 10.5 Å². The second-order valence-electron chi connectivity index (χ2n) is 6.63. The third-order valence-corrected chi connectivity index (χ3v) is 4.33. The van der Waals surface area contributed by atoms with Crippen molar-refractivity contribution in [2.75, 3.05) is 19.8 Å². The molecule has 0 saturated carbocycles. The first-order chi connectivity index (χ1) is 13.9. The lowest BCUT2D eigenvalue weighted by molar-refractivity contribution is -0.274. The number of benzene rings is 1. The van der Waals surface area contributed by atoms with Crippen LogP contribution in [0.25, 0.3) is 0 Å². The molecular weight excluding hydrogens is 393 g/mol. The summed E-state index contributed by atoms with van der Waals surface area (Å²) in [6.07, 6.45) is -2.93. The Bertz CT molecular complexity index is 803. The smallest absolute Gasteiger partial charge is 0.406 e. The van der Waals surface area contributed by atoms with E-state index < -0.39 is 6.36 Å². The average Bonchev–Trinajstić information content (AvgIpc) is 3.15. The Labute approximate surface area is 165 Å². The number of alkyl halides is 3. The van der Waals surface area contributed by atoms with Gasteiger partial charge < -0.3 is 24.1 Å². The van der Waals surface area contributed by atoms with E-state index in [1.165, 1.54) is 24.3 Å². The predicted molar refractivity (Wildman–Crippen MR) is 94.0 cm³/mol. The number of carbonyl (C=O) groups is 1. The van der Waals surface area contributed by atoms with E-state index in [2.05, 4.69) is 15.2 Å². The van der Waals surface area contributed by atoms with Crippen LogP contribution in [0.3, 0.4) is 0 Å². The minimum Gasteiger partial charge on any atom is -0.406 e. The summed E-state index contributed by atoms with van der Waals surface area (Å²) in [5, 5.41) is 6.55. The van der Waals surface area contributed by atoms with Crippen LogP contribution >= 0.6 is 0 Å². The molecule has 0 radical (unpaired) electrons. The number of nitrogens with one attached hydrogen (secondary N) is 1. The number of aromatic nitrogens is 1. The normalized spacial score (nSPS) is 15.3. The molecule has 10 heteroatoms. The van der Waals surface area contributed by atoms with Crippen LogP contribution in [0.4, 0.5) is 13.2 Å². The second-order valence-corrected chi connectivity index (χ2v) is 6.63. The Hall–Kier alpha value is -2.59. The molecular formula is C19H21F3N2O5. The van der Waals surface area contributed by atoms with Gasteiger partial charge in [0.1, 0.15) is 12.4 Å². The largest absolute Gasteiger partial charge is 0.573 e. The number of amides is 1. The van der Waals surface area contributed by atoms with Crippen molar-refractivity contribution in [3.8, 4) is 5.75 Å². The third-order valence-electron chi connectivity index (χ3n) is 4.33. The number of hydrogen-bond donors (Lipinski definition) is 1. The van der Waals surface area contributed by atoms with Crippen LogP contribution in [0, 0.1) is 5.92 Å². The first-order valence-corrected chi connectivity index (χ1v) is 9.13. The molecule has 1 fully saturated rings. The van der Waals surface area contributed by atoms with Gasteiger partial charge in [0.2, 0.25) is 0 Å². The molecule has 2 heterocycles. The topological polar surface area (TPSA) is 82.8 Å². The maximum Gasteiger partial charge on any atom is 0.573 e. The summed E-state index contributed by atoms with van der Waals surface area (Å²) in [7, 11) is 0. The molecule has 0 bridgehead atoms. The summed E-state index contributed by atoms with van der Waals surface area (Å²) in [5.41, 5.74) is 0.650. The maximum absolute atomic E-state index is 12.3. The zero-order valence-corrected chi connectivity index (χ0v) is 15.5. The molecule has 3 rings (SSSR count). The van der Waals surface area contributed by atoms with Gasteiger partial charge in [-0.15, -0.1) is 13.2 Å². The zero-order chi connectivity index (χ0) is 20.7. The quantitative estimate of drug-likeness (QED) is 0.713. The summed E-state index contributed by atoms with van der Waals surface area (Å²) in [4.78, 5) is 12.1. The zero-order valence-electron chi connectivity index (χ0n) is 15.5. The van der Waals surface area contributed by atoms with Crippen LogP contribution < -0.4 is 10.1 Å². The average molecular weight is 414 g/mol. The first kappa shape index (κ1) is 21.1. The number of carbonyl (C=O) groups excluding carboxylic acids is 1. The van der Waals surface area contributed by atoms with E-state index in [4.69, 9.17) is 14.0 Å². The van der Waals surface area contributed by atoms with Gasteiger partial charge in [0.05, 0.1) is 6.61 Å². The Balaban J connectivity index is 1.43. The number of rotatable bonds is 8. The van der Waals surface area contributed by atoms with Crippen LogP contribution in [0.15, 0.2) is 34.9 Å². The molecule has 0 spiro atoms. The van der Waals surface area contributed by atoms with Gasteiger partial charge in [0.15, 0.2) is 11.5 Å². The Morgan fingerprint density at radius 3 is 2.76 bits per heavy atom. The SMILES string of the molecule is O=C(NCC1CCOCC1)c1cc(COCc2cccc(OC(F)(F)F)c2)on1. The van der Waals surface area contributed by atoms with E-state index >= 15 is 0 Å². The fourth-order valence-corrected chi connectivity index (χ4v) is 2.87. The van der Waals surface area contributed by atoms with Crippen molar-refractivity contribution in [1.29, 1.82) is 0 Å². The molecule has 7 nitrogen and oxygen atoms in total. The Morgan fingerprint density at radius 1 is 1.21 bits per heavy atom. The molecule has 0 aliphatic carbocycles. The molecule has 158 valence electrons. The Morgan fingerprint density at radius 2 is 2.00 bits per heavy atom. The van der Waals surface area contributed by atoms with Crippen LogP contribution in [-0.4, -0.2) is 37.2 Å². The predicted octanol–water partition coefficient (Wildman–Crippen LogP) is 3.45. The molecule has 1 aliphatic rings. The van der Waals surface area contributed by atoms with E-state index in [9.17, 15) is 18.0 Å². The van der Waals surface area contributed by atoms with E-state index in [0.29, 0.717) is 37.0 Å². The van der Waals surface area contributed by atoms with Gasteiger partial charge in [-0.25, -0.2) is 0 Å². The summed E-state index contributed by atoms with van der Waals surface area (Å²) < 4.78 is 56.4. The van der Waals surface area contributed by atoms with Gasteiger partial charge >= 0.3 is 6.36 Å². The van der Waals surface area contributed by atoms with Gasteiger partial charge in [-0.05, 0) is 36.5 Å². The molecule has 29 heavy (non-hydrogen) atoms. The van der Waals surface area contributed by atoms with Crippen LogP contribution in [-0.2, 0) is 22.7 Å². The Kier molecular flexibility index (Phi) is 7.10. The number of ether oxygens (including phenoxy) is 3. The number of hydrogen-bond acceptors (Lipinski definition) is 6. The molecule has 1 N–H and O–H groups in total. The molecule has 1 aliphatic heterocycles.